The Kier molecular flexibility index (Phi) is 5.21. The highest BCUT2D eigenvalue weighted by atomic mass is 127. The van der Waals surface area contributed by atoms with Gasteiger partial charge in [-0.3, -0.25) is 4.79 Å². The SMILES string of the molecule is COCCN(C(=O)c1cccc(I)c1)C(C)C1CC1. The van der Waals surface area contributed by atoms with Gasteiger partial charge >= 0.3 is 0 Å². The summed E-state index contributed by atoms with van der Waals surface area (Å²) in [7, 11) is 1.68. The summed E-state index contributed by atoms with van der Waals surface area (Å²) in [4.78, 5) is 14.6. The molecule has 19 heavy (non-hydrogen) atoms. The van der Waals surface area contributed by atoms with E-state index in [-0.39, 0.29) is 5.91 Å². The minimum absolute atomic E-state index is 0.120. The highest BCUT2D eigenvalue weighted by Gasteiger charge is 2.34. The topological polar surface area (TPSA) is 29.5 Å². The molecule has 1 aliphatic carbocycles. The first-order valence-corrected chi connectivity index (χ1v) is 7.77. The van der Waals surface area contributed by atoms with Crippen LogP contribution in [-0.2, 0) is 4.74 Å². The molecule has 0 saturated heterocycles. The van der Waals surface area contributed by atoms with Gasteiger partial charge in [-0.25, -0.2) is 0 Å². The Morgan fingerprint density at radius 1 is 1.53 bits per heavy atom. The quantitative estimate of drug-likeness (QED) is 0.717. The second-order valence-corrected chi connectivity index (χ2v) is 6.33. The van der Waals surface area contributed by atoms with Gasteiger partial charge in [0.1, 0.15) is 0 Å². The lowest BCUT2D eigenvalue weighted by Gasteiger charge is -2.29. The summed E-state index contributed by atoms with van der Waals surface area (Å²) in [6, 6.07) is 8.08. The zero-order valence-corrected chi connectivity index (χ0v) is 13.6. The molecular weight excluding hydrogens is 353 g/mol. The highest BCUT2D eigenvalue weighted by Crippen LogP contribution is 2.35. The predicted molar refractivity (Wildman–Crippen MR) is 84.3 cm³/mol. The first-order chi connectivity index (χ1) is 9.13. The Bertz CT molecular complexity index is 446. The summed E-state index contributed by atoms with van der Waals surface area (Å²) in [5.74, 6) is 0.790. The summed E-state index contributed by atoms with van der Waals surface area (Å²) in [5, 5.41) is 0. The maximum atomic E-state index is 12.6. The number of hydrogen-bond donors (Lipinski definition) is 0. The molecule has 2 rings (SSSR count). The van der Waals surface area contributed by atoms with E-state index in [4.69, 9.17) is 4.74 Å². The van der Waals surface area contributed by atoms with E-state index >= 15 is 0 Å². The largest absolute Gasteiger partial charge is 0.383 e. The van der Waals surface area contributed by atoms with Crippen LogP contribution in [0.25, 0.3) is 0 Å². The summed E-state index contributed by atoms with van der Waals surface area (Å²) in [6.45, 7) is 3.41. The van der Waals surface area contributed by atoms with Crippen LogP contribution >= 0.6 is 22.6 Å². The molecule has 0 aliphatic heterocycles. The molecule has 0 bridgehead atoms. The van der Waals surface area contributed by atoms with Crippen LogP contribution < -0.4 is 0 Å². The Morgan fingerprint density at radius 2 is 2.26 bits per heavy atom. The number of ether oxygens (including phenoxy) is 1. The Balaban J connectivity index is 2.14. The van der Waals surface area contributed by atoms with Crippen molar-refractivity contribution in [2.75, 3.05) is 20.3 Å². The molecule has 0 radical (unpaired) electrons. The molecular formula is C15H20INO2. The lowest BCUT2D eigenvalue weighted by Crippen LogP contribution is -2.42. The number of halogens is 1. The third-order valence-corrected chi connectivity index (χ3v) is 4.34. The number of methoxy groups -OCH3 is 1. The summed E-state index contributed by atoms with van der Waals surface area (Å²) in [6.07, 6.45) is 2.48. The van der Waals surface area contributed by atoms with Gasteiger partial charge in [-0.05, 0) is 66.5 Å². The molecule has 1 fully saturated rings. The van der Waals surface area contributed by atoms with Crippen molar-refractivity contribution in [2.45, 2.75) is 25.8 Å². The second-order valence-electron chi connectivity index (χ2n) is 5.08. The Labute approximate surface area is 128 Å². The van der Waals surface area contributed by atoms with E-state index in [0.717, 1.165) is 9.13 Å². The zero-order chi connectivity index (χ0) is 13.8. The lowest BCUT2D eigenvalue weighted by atomic mass is 10.1. The average molecular weight is 373 g/mol. The number of benzene rings is 1. The van der Waals surface area contributed by atoms with Crippen molar-refractivity contribution >= 4 is 28.5 Å². The Hall–Kier alpha value is -0.620. The minimum atomic E-state index is 0.120. The van der Waals surface area contributed by atoms with Crippen molar-refractivity contribution in [1.29, 1.82) is 0 Å². The van der Waals surface area contributed by atoms with E-state index in [1.807, 2.05) is 29.2 Å². The molecule has 0 N–H and O–H groups in total. The van der Waals surface area contributed by atoms with E-state index in [9.17, 15) is 4.79 Å². The maximum Gasteiger partial charge on any atom is 0.254 e. The summed E-state index contributed by atoms with van der Waals surface area (Å²) >= 11 is 2.24. The van der Waals surface area contributed by atoms with Gasteiger partial charge in [0.2, 0.25) is 0 Å². The van der Waals surface area contributed by atoms with Gasteiger partial charge in [-0.1, -0.05) is 6.07 Å². The number of amides is 1. The molecule has 0 spiro atoms. The van der Waals surface area contributed by atoms with Gasteiger partial charge in [0.15, 0.2) is 0 Å². The smallest absolute Gasteiger partial charge is 0.254 e. The molecule has 3 nitrogen and oxygen atoms in total. The molecule has 1 saturated carbocycles. The zero-order valence-electron chi connectivity index (χ0n) is 11.4. The fourth-order valence-corrected chi connectivity index (χ4v) is 2.84. The molecule has 1 amide bonds. The minimum Gasteiger partial charge on any atom is -0.383 e. The number of carbonyl (C=O) groups is 1. The van der Waals surface area contributed by atoms with Crippen LogP contribution in [0.15, 0.2) is 24.3 Å². The lowest BCUT2D eigenvalue weighted by molar-refractivity contribution is 0.0594. The van der Waals surface area contributed by atoms with Gasteiger partial charge in [-0.15, -0.1) is 0 Å². The van der Waals surface area contributed by atoms with E-state index in [1.165, 1.54) is 12.8 Å². The van der Waals surface area contributed by atoms with Gasteiger partial charge in [0.25, 0.3) is 5.91 Å². The molecule has 1 aromatic carbocycles. The molecule has 1 aliphatic rings. The van der Waals surface area contributed by atoms with E-state index in [1.54, 1.807) is 7.11 Å². The van der Waals surface area contributed by atoms with Crippen LogP contribution in [0, 0.1) is 9.49 Å². The maximum absolute atomic E-state index is 12.6. The van der Waals surface area contributed by atoms with Crippen LogP contribution in [-0.4, -0.2) is 37.1 Å². The van der Waals surface area contributed by atoms with Gasteiger partial charge in [0, 0.05) is 28.8 Å². The van der Waals surface area contributed by atoms with Crippen LogP contribution in [0.4, 0.5) is 0 Å². The van der Waals surface area contributed by atoms with Crippen molar-refractivity contribution in [2.24, 2.45) is 5.92 Å². The van der Waals surface area contributed by atoms with Crippen LogP contribution in [0.3, 0.4) is 0 Å². The molecule has 1 unspecified atom stereocenters. The number of rotatable bonds is 6. The third kappa shape index (κ3) is 3.92. The molecule has 0 heterocycles. The number of nitrogens with zero attached hydrogens (tertiary/aromatic N) is 1. The molecule has 4 heteroatoms. The van der Waals surface area contributed by atoms with E-state index in [0.29, 0.717) is 25.1 Å². The van der Waals surface area contributed by atoms with Gasteiger partial charge in [-0.2, -0.15) is 0 Å². The van der Waals surface area contributed by atoms with Gasteiger partial charge < -0.3 is 9.64 Å². The number of hydrogen-bond acceptors (Lipinski definition) is 2. The summed E-state index contributed by atoms with van der Waals surface area (Å²) in [5.41, 5.74) is 0.774. The second kappa shape index (κ2) is 6.70. The monoisotopic (exact) mass is 373 g/mol. The van der Waals surface area contributed by atoms with Crippen molar-refractivity contribution in [3.05, 3.63) is 33.4 Å². The van der Waals surface area contributed by atoms with Crippen LogP contribution in [0.2, 0.25) is 0 Å². The highest BCUT2D eigenvalue weighted by molar-refractivity contribution is 14.1. The van der Waals surface area contributed by atoms with Gasteiger partial charge in [0.05, 0.1) is 6.61 Å². The predicted octanol–water partition coefficient (Wildman–Crippen LogP) is 3.18. The molecule has 0 aromatic heterocycles. The first kappa shape index (κ1) is 14.8. The third-order valence-electron chi connectivity index (χ3n) is 3.66. The van der Waals surface area contributed by atoms with Crippen molar-refractivity contribution < 1.29 is 9.53 Å². The molecule has 1 aromatic rings. The molecule has 104 valence electrons. The standard InChI is InChI=1S/C15H20INO2/c1-11(12-6-7-12)17(8-9-19-2)15(18)13-4-3-5-14(16)10-13/h3-5,10-12H,6-9H2,1-2H3. The Morgan fingerprint density at radius 3 is 2.84 bits per heavy atom. The fraction of sp³-hybridized carbons (Fsp3) is 0.533. The fourth-order valence-electron chi connectivity index (χ4n) is 2.30. The number of carbonyl (C=O) groups excluding carboxylic acids is 1. The van der Waals surface area contributed by atoms with E-state index < -0.39 is 0 Å². The van der Waals surface area contributed by atoms with Crippen molar-refractivity contribution in [1.82, 2.24) is 4.90 Å². The molecule has 1 atom stereocenters. The van der Waals surface area contributed by atoms with Crippen molar-refractivity contribution in [3.8, 4) is 0 Å². The normalized spacial score (nSPS) is 16.2. The van der Waals surface area contributed by atoms with Crippen LogP contribution in [0.1, 0.15) is 30.1 Å². The average Bonchev–Trinajstić information content (AvgIpc) is 3.23. The summed E-state index contributed by atoms with van der Waals surface area (Å²) < 4.78 is 6.23. The van der Waals surface area contributed by atoms with Crippen molar-refractivity contribution in [3.63, 3.8) is 0 Å². The van der Waals surface area contributed by atoms with Crippen LogP contribution in [0.5, 0.6) is 0 Å². The first-order valence-electron chi connectivity index (χ1n) is 6.69. The van der Waals surface area contributed by atoms with E-state index in [2.05, 4.69) is 29.5 Å².